The molecule has 2 rings (SSSR count). The molecule has 2 aromatic rings. The number of nitrogens with zero attached hydrogens (tertiary/aromatic N) is 2. The van der Waals surface area contributed by atoms with Crippen molar-refractivity contribution in [3.63, 3.8) is 0 Å². The number of amides is 1. The van der Waals surface area contributed by atoms with Gasteiger partial charge in [0.1, 0.15) is 11.4 Å². The number of aliphatic imine (C=N–C) groups is 1. The van der Waals surface area contributed by atoms with Gasteiger partial charge >= 0.3 is 6.09 Å². The second-order valence-corrected chi connectivity index (χ2v) is 7.63. The molecule has 1 amide bonds. The van der Waals surface area contributed by atoms with Gasteiger partial charge in [0.2, 0.25) is 0 Å². The summed E-state index contributed by atoms with van der Waals surface area (Å²) >= 11 is 0. The number of benzene rings is 1. The third-order valence-electron chi connectivity index (χ3n) is 3.87. The van der Waals surface area contributed by atoms with Gasteiger partial charge < -0.3 is 15.4 Å². The molecule has 0 spiro atoms. The Morgan fingerprint density at radius 2 is 1.90 bits per heavy atom. The van der Waals surface area contributed by atoms with Gasteiger partial charge in [-0.1, -0.05) is 12.1 Å². The van der Waals surface area contributed by atoms with Crippen LogP contribution in [-0.2, 0) is 17.7 Å². The van der Waals surface area contributed by atoms with Gasteiger partial charge in [0, 0.05) is 25.0 Å². The zero-order valence-corrected chi connectivity index (χ0v) is 18.0. The molecule has 0 aliphatic rings. The van der Waals surface area contributed by atoms with Crippen LogP contribution in [0.4, 0.5) is 14.9 Å². The van der Waals surface area contributed by atoms with Crippen molar-refractivity contribution < 1.29 is 13.9 Å². The van der Waals surface area contributed by atoms with Crippen LogP contribution in [0.25, 0.3) is 0 Å². The summed E-state index contributed by atoms with van der Waals surface area (Å²) in [7, 11) is 0. The summed E-state index contributed by atoms with van der Waals surface area (Å²) in [5.74, 6) is 0.239. The van der Waals surface area contributed by atoms with Crippen molar-refractivity contribution in [2.75, 3.05) is 18.4 Å². The number of nitrogens with one attached hydrogen (secondary N) is 3. The van der Waals surface area contributed by atoms with E-state index in [9.17, 15) is 9.18 Å². The van der Waals surface area contributed by atoms with Crippen molar-refractivity contribution in [2.45, 2.75) is 46.3 Å². The van der Waals surface area contributed by atoms with E-state index in [1.54, 1.807) is 12.3 Å². The van der Waals surface area contributed by atoms with Gasteiger partial charge in [-0.15, -0.1) is 0 Å². The maximum Gasteiger partial charge on any atom is 0.412 e. The second-order valence-electron chi connectivity index (χ2n) is 7.63. The Morgan fingerprint density at radius 1 is 1.17 bits per heavy atom. The molecule has 1 aromatic carbocycles. The smallest absolute Gasteiger partial charge is 0.412 e. The highest BCUT2D eigenvalue weighted by atomic mass is 19.1. The lowest BCUT2D eigenvalue weighted by atomic mass is 10.1. The second kappa shape index (κ2) is 11.1. The zero-order chi connectivity index (χ0) is 22.0. The predicted octanol–water partition coefficient (Wildman–Crippen LogP) is 3.87. The molecule has 0 unspecified atom stereocenters. The Bertz CT molecular complexity index is 847. The summed E-state index contributed by atoms with van der Waals surface area (Å²) in [6.45, 7) is 8.93. The number of halogens is 1. The zero-order valence-electron chi connectivity index (χ0n) is 18.0. The number of carbonyl (C=O) groups excluding carboxylic acids is 1. The first-order chi connectivity index (χ1) is 14.3. The molecule has 0 saturated heterocycles. The highest BCUT2D eigenvalue weighted by Crippen LogP contribution is 2.13. The molecule has 0 fully saturated rings. The van der Waals surface area contributed by atoms with Crippen LogP contribution in [0.5, 0.6) is 0 Å². The van der Waals surface area contributed by atoms with E-state index in [1.165, 1.54) is 6.07 Å². The summed E-state index contributed by atoms with van der Waals surface area (Å²) < 4.78 is 18.9. The monoisotopic (exact) mass is 415 g/mol. The molecular formula is C22H30FN5O2. The molecule has 0 aliphatic carbocycles. The number of guanidine groups is 1. The van der Waals surface area contributed by atoms with Gasteiger partial charge in [-0.3, -0.25) is 10.3 Å². The van der Waals surface area contributed by atoms with Crippen molar-refractivity contribution in [2.24, 2.45) is 4.99 Å². The standard InChI is InChI=1S/C22H30FN5O2/c1-5-24-20(27-15-19-18(23)7-6-13-25-19)26-14-12-16-8-10-17(11-9-16)28-21(29)30-22(2,3)4/h6-11,13H,5,12,14-15H2,1-4H3,(H,28,29)(H2,24,26,27). The number of ether oxygens (including phenoxy) is 1. The summed E-state index contributed by atoms with van der Waals surface area (Å²) in [5.41, 5.74) is 1.55. The van der Waals surface area contributed by atoms with Crippen LogP contribution in [-0.4, -0.2) is 35.7 Å². The molecule has 1 heterocycles. The lowest BCUT2D eigenvalue weighted by Gasteiger charge is -2.19. The lowest BCUT2D eigenvalue weighted by molar-refractivity contribution is 0.0636. The van der Waals surface area contributed by atoms with Crippen LogP contribution in [0.3, 0.4) is 0 Å². The molecule has 3 N–H and O–H groups in total. The topological polar surface area (TPSA) is 87.6 Å². The molecule has 0 aliphatic heterocycles. The fourth-order valence-electron chi connectivity index (χ4n) is 2.53. The molecule has 0 bridgehead atoms. The van der Waals surface area contributed by atoms with E-state index in [-0.39, 0.29) is 12.4 Å². The third-order valence-corrected chi connectivity index (χ3v) is 3.87. The van der Waals surface area contributed by atoms with Crippen molar-refractivity contribution in [1.82, 2.24) is 15.6 Å². The fourth-order valence-corrected chi connectivity index (χ4v) is 2.53. The van der Waals surface area contributed by atoms with Crippen LogP contribution in [0.1, 0.15) is 39.0 Å². The van der Waals surface area contributed by atoms with Crippen LogP contribution in [0.15, 0.2) is 47.6 Å². The first kappa shape index (κ1) is 23.1. The van der Waals surface area contributed by atoms with E-state index in [1.807, 2.05) is 52.0 Å². The molecule has 0 atom stereocenters. The number of pyridine rings is 1. The van der Waals surface area contributed by atoms with Crippen molar-refractivity contribution in [3.8, 4) is 0 Å². The minimum absolute atomic E-state index is 0.160. The summed E-state index contributed by atoms with van der Waals surface area (Å²) in [6.07, 6.45) is 1.83. The number of hydrogen-bond acceptors (Lipinski definition) is 4. The van der Waals surface area contributed by atoms with Crippen LogP contribution in [0.2, 0.25) is 0 Å². The Labute approximate surface area is 177 Å². The molecule has 7 nitrogen and oxygen atoms in total. The Morgan fingerprint density at radius 3 is 2.53 bits per heavy atom. The normalized spacial score (nSPS) is 11.7. The molecular weight excluding hydrogens is 385 g/mol. The van der Waals surface area contributed by atoms with Crippen molar-refractivity contribution in [1.29, 1.82) is 0 Å². The highest BCUT2D eigenvalue weighted by molar-refractivity contribution is 5.84. The lowest BCUT2D eigenvalue weighted by Crippen LogP contribution is -2.38. The minimum atomic E-state index is -0.538. The van der Waals surface area contributed by atoms with Gasteiger partial charge in [-0.25, -0.2) is 14.2 Å². The summed E-state index contributed by atoms with van der Waals surface area (Å²) in [5, 5.41) is 9.08. The van der Waals surface area contributed by atoms with Gasteiger partial charge in [-0.2, -0.15) is 0 Å². The van der Waals surface area contributed by atoms with Gasteiger partial charge in [0.25, 0.3) is 0 Å². The first-order valence-corrected chi connectivity index (χ1v) is 9.97. The maximum absolute atomic E-state index is 13.7. The minimum Gasteiger partial charge on any atom is -0.444 e. The molecule has 162 valence electrons. The van der Waals surface area contributed by atoms with E-state index in [4.69, 9.17) is 4.74 Å². The van der Waals surface area contributed by atoms with Gasteiger partial charge in [0.05, 0.1) is 12.2 Å². The predicted molar refractivity (Wildman–Crippen MR) is 117 cm³/mol. The summed E-state index contributed by atoms with van der Waals surface area (Å²) in [4.78, 5) is 20.2. The third kappa shape index (κ3) is 8.46. The number of aromatic nitrogens is 1. The number of rotatable bonds is 7. The van der Waals surface area contributed by atoms with Crippen molar-refractivity contribution >= 4 is 17.7 Å². The molecule has 1 aromatic heterocycles. The average molecular weight is 416 g/mol. The number of hydrogen-bond donors (Lipinski definition) is 3. The first-order valence-electron chi connectivity index (χ1n) is 9.97. The Hall–Kier alpha value is -3.16. The molecule has 8 heteroatoms. The van der Waals surface area contributed by atoms with E-state index in [0.29, 0.717) is 30.4 Å². The molecule has 0 saturated carbocycles. The number of anilines is 1. The number of carbonyl (C=O) groups is 1. The van der Waals surface area contributed by atoms with Gasteiger partial charge in [-0.05, 0) is 63.9 Å². The largest absolute Gasteiger partial charge is 0.444 e. The summed E-state index contributed by atoms with van der Waals surface area (Å²) in [6, 6.07) is 10.5. The Balaban J connectivity index is 1.84. The molecule has 0 radical (unpaired) electrons. The van der Waals surface area contributed by atoms with Crippen LogP contribution < -0.4 is 16.0 Å². The Kier molecular flexibility index (Phi) is 8.58. The maximum atomic E-state index is 13.7. The van der Waals surface area contributed by atoms with E-state index >= 15 is 0 Å². The van der Waals surface area contributed by atoms with E-state index in [2.05, 4.69) is 25.9 Å². The van der Waals surface area contributed by atoms with E-state index in [0.717, 1.165) is 12.0 Å². The highest BCUT2D eigenvalue weighted by Gasteiger charge is 2.16. The van der Waals surface area contributed by atoms with Crippen LogP contribution in [0, 0.1) is 5.82 Å². The quantitative estimate of drug-likeness (QED) is 0.472. The van der Waals surface area contributed by atoms with Gasteiger partial charge in [0.15, 0.2) is 5.96 Å². The molecule has 30 heavy (non-hydrogen) atoms. The SMILES string of the molecule is CCNC(=NCc1ncccc1F)NCCc1ccc(NC(=O)OC(C)(C)C)cc1. The average Bonchev–Trinajstić information content (AvgIpc) is 2.67. The van der Waals surface area contributed by atoms with Crippen LogP contribution >= 0.6 is 0 Å². The van der Waals surface area contributed by atoms with E-state index < -0.39 is 11.7 Å². The fraction of sp³-hybridized carbons (Fsp3) is 0.409. The van der Waals surface area contributed by atoms with Crippen molar-refractivity contribution in [3.05, 3.63) is 59.7 Å².